The highest BCUT2D eigenvalue weighted by atomic mass is 19.1. The molecule has 104 valence electrons. The van der Waals surface area contributed by atoms with Crippen molar-refractivity contribution in [2.75, 3.05) is 31.6 Å². The largest absolute Gasteiger partial charge is 0.382 e. The van der Waals surface area contributed by atoms with Gasteiger partial charge in [-0.05, 0) is 26.0 Å². The van der Waals surface area contributed by atoms with Crippen LogP contribution in [0.4, 0.5) is 10.1 Å². The fourth-order valence-electron chi connectivity index (χ4n) is 2.23. The van der Waals surface area contributed by atoms with E-state index < -0.39 is 5.82 Å². The Morgan fingerprint density at radius 3 is 3.05 bits per heavy atom. The van der Waals surface area contributed by atoms with E-state index in [1.54, 1.807) is 17.0 Å². The van der Waals surface area contributed by atoms with Crippen molar-refractivity contribution >= 4 is 11.6 Å². The topological polar surface area (TPSA) is 41.6 Å². The van der Waals surface area contributed by atoms with E-state index in [0.717, 1.165) is 0 Å². The summed E-state index contributed by atoms with van der Waals surface area (Å²) in [5.74, 6) is -0.542. The lowest BCUT2D eigenvalue weighted by Crippen LogP contribution is -2.44. The van der Waals surface area contributed by atoms with Gasteiger partial charge in [0.1, 0.15) is 5.82 Å². The van der Waals surface area contributed by atoms with Crippen molar-refractivity contribution in [2.45, 2.75) is 20.0 Å². The number of nitrogens with zero attached hydrogens (tertiary/aromatic N) is 1. The fraction of sp³-hybridized carbons (Fsp3) is 0.500. The van der Waals surface area contributed by atoms with Gasteiger partial charge in [-0.1, -0.05) is 6.07 Å². The van der Waals surface area contributed by atoms with Gasteiger partial charge in [-0.2, -0.15) is 0 Å². The first kappa shape index (κ1) is 13.8. The van der Waals surface area contributed by atoms with Gasteiger partial charge in [0, 0.05) is 19.6 Å². The van der Waals surface area contributed by atoms with E-state index in [2.05, 4.69) is 5.32 Å². The molecule has 1 atom stereocenters. The van der Waals surface area contributed by atoms with E-state index in [0.29, 0.717) is 31.8 Å². The molecule has 1 unspecified atom stereocenters. The highest BCUT2D eigenvalue weighted by molar-refractivity contribution is 5.99. The maximum Gasteiger partial charge on any atom is 0.256 e. The SMILES string of the molecule is CCNc1c(F)cccc1C(=O)N1CCOC(C)C1. The summed E-state index contributed by atoms with van der Waals surface area (Å²) in [6.07, 6.45) is 0.0221. The van der Waals surface area contributed by atoms with Crippen LogP contribution in [-0.4, -0.2) is 43.2 Å². The number of halogens is 1. The second kappa shape index (κ2) is 6.02. The summed E-state index contributed by atoms with van der Waals surface area (Å²) in [4.78, 5) is 14.2. The maximum absolute atomic E-state index is 13.8. The van der Waals surface area contributed by atoms with Gasteiger partial charge in [-0.15, -0.1) is 0 Å². The Kier molecular flexibility index (Phi) is 4.37. The van der Waals surface area contributed by atoms with Gasteiger partial charge in [0.05, 0.1) is 24.0 Å². The van der Waals surface area contributed by atoms with E-state index in [4.69, 9.17) is 4.74 Å². The zero-order valence-electron chi connectivity index (χ0n) is 11.3. The molecule has 1 aliphatic rings. The van der Waals surface area contributed by atoms with Crippen molar-refractivity contribution in [1.29, 1.82) is 0 Å². The Labute approximate surface area is 112 Å². The zero-order valence-corrected chi connectivity index (χ0v) is 11.3. The Morgan fingerprint density at radius 1 is 1.58 bits per heavy atom. The minimum Gasteiger partial charge on any atom is -0.382 e. The third-order valence-electron chi connectivity index (χ3n) is 3.13. The number of rotatable bonds is 3. The molecule has 1 N–H and O–H groups in total. The van der Waals surface area contributed by atoms with Crippen LogP contribution in [0.2, 0.25) is 0 Å². The van der Waals surface area contributed by atoms with Crippen molar-refractivity contribution in [3.63, 3.8) is 0 Å². The number of ether oxygens (including phenoxy) is 1. The molecule has 0 spiro atoms. The predicted octanol–water partition coefficient (Wildman–Crippen LogP) is 2.12. The molecule has 1 amide bonds. The Morgan fingerprint density at radius 2 is 2.37 bits per heavy atom. The van der Waals surface area contributed by atoms with Crippen molar-refractivity contribution in [1.82, 2.24) is 4.90 Å². The number of morpholine rings is 1. The molecule has 1 fully saturated rings. The van der Waals surface area contributed by atoms with Gasteiger partial charge in [0.2, 0.25) is 0 Å². The van der Waals surface area contributed by atoms with Crippen LogP contribution < -0.4 is 5.32 Å². The molecule has 1 aromatic carbocycles. The number of amides is 1. The van der Waals surface area contributed by atoms with E-state index >= 15 is 0 Å². The molecule has 0 aromatic heterocycles. The van der Waals surface area contributed by atoms with Gasteiger partial charge in [0.25, 0.3) is 5.91 Å². The predicted molar refractivity (Wildman–Crippen MR) is 71.9 cm³/mol. The van der Waals surface area contributed by atoms with Crippen LogP contribution in [0.1, 0.15) is 24.2 Å². The molecular weight excluding hydrogens is 247 g/mol. The molecule has 5 heteroatoms. The Balaban J connectivity index is 2.25. The van der Waals surface area contributed by atoms with Crippen LogP contribution >= 0.6 is 0 Å². The van der Waals surface area contributed by atoms with Crippen molar-refractivity contribution in [2.24, 2.45) is 0 Å². The third-order valence-corrected chi connectivity index (χ3v) is 3.13. The molecule has 1 aliphatic heterocycles. The molecule has 2 rings (SSSR count). The lowest BCUT2D eigenvalue weighted by Gasteiger charge is -2.31. The molecule has 0 aliphatic carbocycles. The third kappa shape index (κ3) is 3.04. The summed E-state index contributed by atoms with van der Waals surface area (Å²) in [5.41, 5.74) is 0.671. The molecule has 0 radical (unpaired) electrons. The standard InChI is InChI=1S/C14H19FN2O2/c1-3-16-13-11(5-4-6-12(13)15)14(18)17-7-8-19-10(2)9-17/h4-6,10,16H,3,7-9H2,1-2H3. The molecule has 1 saturated heterocycles. The van der Waals surface area contributed by atoms with Crippen LogP contribution in [0.5, 0.6) is 0 Å². The van der Waals surface area contributed by atoms with Gasteiger partial charge >= 0.3 is 0 Å². The van der Waals surface area contributed by atoms with Gasteiger partial charge in [-0.25, -0.2) is 4.39 Å². The van der Waals surface area contributed by atoms with Crippen LogP contribution in [0.3, 0.4) is 0 Å². The molecule has 1 heterocycles. The van der Waals surface area contributed by atoms with Crippen molar-refractivity contribution < 1.29 is 13.9 Å². The molecule has 1 aromatic rings. The van der Waals surface area contributed by atoms with E-state index in [1.165, 1.54) is 6.07 Å². The summed E-state index contributed by atoms with van der Waals surface area (Å²) in [6.45, 7) is 5.99. The normalized spacial score (nSPS) is 19.3. The maximum atomic E-state index is 13.8. The first-order valence-electron chi connectivity index (χ1n) is 6.56. The summed E-state index contributed by atoms with van der Waals surface area (Å²) >= 11 is 0. The van der Waals surface area contributed by atoms with Crippen LogP contribution in [0.15, 0.2) is 18.2 Å². The second-order valence-electron chi connectivity index (χ2n) is 4.63. The quantitative estimate of drug-likeness (QED) is 0.911. The molecule has 0 bridgehead atoms. The van der Waals surface area contributed by atoms with Crippen LogP contribution in [0.25, 0.3) is 0 Å². The number of nitrogens with one attached hydrogen (secondary N) is 1. The lowest BCUT2D eigenvalue weighted by molar-refractivity contribution is -0.0123. The average molecular weight is 266 g/mol. The molecule has 4 nitrogen and oxygen atoms in total. The average Bonchev–Trinajstić information content (AvgIpc) is 2.40. The van der Waals surface area contributed by atoms with Gasteiger partial charge < -0.3 is 15.0 Å². The Bertz CT molecular complexity index is 465. The number of hydrogen-bond acceptors (Lipinski definition) is 3. The number of anilines is 1. The number of carbonyl (C=O) groups is 1. The van der Waals surface area contributed by atoms with Gasteiger partial charge in [0.15, 0.2) is 0 Å². The Hall–Kier alpha value is -1.62. The molecular formula is C14H19FN2O2. The van der Waals surface area contributed by atoms with Crippen LogP contribution in [-0.2, 0) is 4.74 Å². The zero-order chi connectivity index (χ0) is 13.8. The van der Waals surface area contributed by atoms with E-state index in [1.807, 2.05) is 13.8 Å². The van der Waals surface area contributed by atoms with E-state index in [9.17, 15) is 9.18 Å². The van der Waals surface area contributed by atoms with Gasteiger partial charge in [-0.3, -0.25) is 4.79 Å². The summed E-state index contributed by atoms with van der Waals surface area (Å²) in [5, 5.41) is 2.92. The second-order valence-corrected chi connectivity index (χ2v) is 4.63. The molecule has 0 saturated carbocycles. The molecule has 19 heavy (non-hydrogen) atoms. The number of benzene rings is 1. The minimum atomic E-state index is -0.394. The smallest absolute Gasteiger partial charge is 0.256 e. The van der Waals surface area contributed by atoms with Crippen LogP contribution in [0, 0.1) is 5.82 Å². The minimum absolute atomic E-state index is 0.0221. The number of carbonyl (C=O) groups excluding carboxylic acids is 1. The highest BCUT2D eigenvalue weighted by Crippen LogP contribution is 2.22. The van der Waals surface area contributed by atoms with Crippen molar-refractivity contribution in [3.05, 3.63) is 29.6 Å². The number of hydrogen-bond donors (Lipinski definition) is 1. The number of para-hydroxylation sites is 1. The highest BCUT2D eigenvalue weighted by Gasteiger charge is 2.25. The van der Waals surface area contributed by atoms with E-state index in [-0.39, 0.29) is 17.7 Å². The summed E-state index contributed by atoms with van der Waals surface area (Å²) < 4.78 is 19.2. The first-order valence-corrected chi connectivity index (χ1v) is 6.56. The summed E-state index contributed by atoms with van der Waals surface area (Å²) in [7, 11) is 0. The van der Waals surface area contributed by atoms with Crippen molar-refractivity contribution in [3.8, 4) is 0 Å². The lowest BCUT2D eigenvalue weighted by atomic mass is 10.1. The monoisotopic (exact) mass is 266 g/mol. The summed E-state index contributed by atoms with van der Waals surface area (Å²) in [6, 6.07) is 4.58. The fourth-order valence-corrected chi connectivity index (χ4v) is 2.23. The first-order chi connectivity index (χ1) is 9.13.